The van der Waals surface area contributed by atoms with Crippen molar-refractivity contribution in [3.8, 4) is 0 Å². The lowest BCUT2D eigenvalue weighted by atomic mass is 10.1. The van der Waals surface area contributed by atoms with Crippen molar-refractivity contribution in [3.63, 3.8) is 0 Å². The first-order chi connectivity index (χ1) is 8.36. The highest BCUT2D eigenvalue weighted by Crippen LogP contribution is 2.29. The molecule has 1 unspecified atom stereocenters. The van der Waals surface area contributed by atoms with Gasteiger partial charge in [0.1, 0.15) is 0 Å². The zero-order chi connectivity index (χ0) is 11.7. The molecule has 17 heavy (non-hydrogen) atoms. The van der Waals surface area contributed by atoms with Gasteiger partial charge < -0.3 is 5.73 Å². The van der Waals surface area contributed by atoms with Crippen molar-refractivity contribution in [1.29, 1.82) is 0 Å². The highest BCUT2D eigenvalue weighted by molar-refractivity contribution is 7.99. The molecule has 4 nitrogen and oxygen atoms in total. The van der Waals surface area contributed by atoms with E-state index in [2.05, 4.69) is 10.1 Å². The number of aromatic nitrogens is 3. The second-order valence-electron chi connectivity index (χ2n) is 4.43. The first kappa shape index (κ1) is 11.0. The van der Waals surface area contributed by atoms with Gasteiger partial charge in [-0.2, -0.15) is 16.9 Å². The van der Waals surface area contributed by atoms with E-state index in [-0.39, 0.29) is 0 Å². The predicted octanol–water partition coefficient (Wildman–Crippen LogP) is 1.80. The summed E-state index contributed by atoms with van der Waals surface area (Å²) in [5.74, 6) is 3.95. The molecule has 1 aliphatic heterocycles. The second kappa shape index (κ2) is 4.66. The Morgan fingerprint density at radius 2 is 2.41 bits per heavy atom. The third-order valence-electron chi connectivity index (χ3n) is 3.17. The van der Waals surface area contributed by atoms with Gasteiger partial charge >= 0.3 is 0 Å². The average molecular weight is 248 g/mol. The molecule has 5 heteroatoms. The molecular weight excluding hydrogens is 232 g/mol. The van der Waals surface area contributed by atoms with E-state index in [4.69, 9.17) is 5.73 Å². The molecule has 0 amide bonds. The van der Waals surface area contributed by atoms with Gasteiger partial charge in [0.25, 0.3) is 0 Å². The third kappa shape index (κ3) is 2.17. The van der Waals surface area contributed by atoms with E-state index in [0.717, 1.165) is 22.8 Å². The first-order valence-electron chi connectivity index (χ1n) is 6.00. The number of nitrogens with zero attached hydrogens (tertiary/aromatic N) is 3. The molecule has 0 aliphatic carbocycles. The van der Waals surface area contributed by atoms with Crippen LogP contribution in [0.15, 0.2) is 18.3 Å². The summed E-state index contributed by atoms with van der Waals surface area (Å²) in [6.07, 6.45) is 4.47. The summed E-state index contributed by atoms with van der Waals surface area (Å²) in [6.45, 7) is 0.546. The van der Waals surface area contributed by atoms with Crippen molar-refractivity contribution in [2.45, 2.75) is 25.3 Å². The minimum atomic E-state index is 0.523. The third-order valence-corrected chi connectivity index (χ3v) is 4.39. The van der Waals surface area contributed by atoms with E-state index in [1.165, 1.54) is 18.6 Å². The summed E-state index contributed by atoms with van der Waals surface area (Å²) in [5, 5.41) is 4.58. The van der Waals surface area contributed by atoms with Gasteiger partial charge in [-0.1, -0.05) is 6.07 Å². The van der Waals surface area contributed by atoms with Gasteiger partial charge in [-0.15, -0.1) is 0 Å². The summed E-state index contributed by atoms with van der Waals surface area (Å²) in [5.41, 5.74) is 7.64. The number of nitrogens with two attached hydrogens (primary N) is 1. The molecule has 0 spiro atoms. The van der Waals surface area contributed by atoms with Crippen LogP contribution in [-0.2, 0) is 6.54 Å². The van der Waals surface area contributed by atoms with Crippen molar-refractivity contribution in [3.05, 3.63) is 29.7 Å². The quantitative estimate of drug-likeness (QED) is 0.880. The van der Waals surface area contributed by atoms with Gasteiger partial charge in [0.05, 0.1) is 0 Å². The Labute approximate surface area is 105 Å². The molecule has 1 atom stereocenters. The molecule has 0 radical (unpaired) electrons. The lowest BCUT2D eigenvalue weighted by molar-refractivity contribution is 0.622. The summed E-state index contributed by atoms with van der Waals surface area (Å²) < 4.78 is 1.86. The van der Waals surface area contributed by atoms with E-state index < -0.39 is 0 Å². The van der Waals surface area contributed by atoms with Gasteiger partial charge in [0.2, 0.25) is 0 Å². The molecule has 2 aromatic heterocycles. The molecule has 0 bridgehead atoms. The molecule has 2 aromatic rings. The van der Waals surface area contributed by atoms with Crippen LogP contribution in [0.1, 0.15) is 30.1 Å². The SMILES string of the molecule is NCc1ccc2nc(C3CCCSC3)nn2c1. The Kier molecular flexibility index (Phi) is 3.03. The van der Waals surface area contributed by atoms with Crippen LogP contribution in [0.25, 0.3) is 5.65 Å². The Morgan fingerprint density at radius 1 is 1.47 bits per heavy atom. The van der Waals surface area contributed by atoms with Gasteiger partial charge in [-0.05, 0) is 30.2 Å². The van der Waals surface area contributed by atoms with Crippen molar-refractivity contribution in [1.82, 2.24) is 14.6 Å². The second-order valence-corrected chi connectivity index (χ2v) is 5.58. The summed E-state index contributed by atoms with van der Waals surface area (Å²) in [4.78, 5) is 4.61. The Bertz CT molecular complexity index is 516. The molecule has 3 rings (SSSR count). The summed E-state index contributed by atoms with van der Waals surface area (Å²) in [7, 11) is 0. The molecular formula is C12H16N4S. The fourth-order valence-corrected chi connectivity index (χ4v) is 3.32. The molecule has 1 saturated heterocycles. The average Bonchev–Trinajstić information content (AvgIpc) is 2.82. The molecule has 2 N–H and O–H groups in total. The fourth-order valence-electron chi connectivity index (χ4n) is 2.18. The maximum absolute atomic E-state index is 5.63. The Hall–Kier alpha value is -1.07. The van der Waals surface area contributed by atoms with Gasteiger partial charge in [0, 0.05) is 24.4 Å². The molecule has 0 aromatic carbocycles. The highest BCUT2D eigenvalue weighted by atomic mass is 32.2. The van der Waals surface area contributed by atoms with Crippen LogP contribution in [0.4, 0.5) is 0 Å². The number of hydrogen-bond acceptors (Lipinski definition) is 4. The van der Waals surface area contributed by atoms with Crippen LogP contribution in [0, 0.1) is 0 Å². The van der Waals surface area contributed by atoms with E-state index in [1.807, 2.05) is 34.6 Å². The maximum atomic E-state index is 5.63. The van der Waals surface area contributed by atoms with Crippen LogP contribution in [0.5, 0.6) is 0 Å². The van der Waals surface area contributed by atoms with E-state index in [9.17, 15) is 0 Å². The van der Waals surface area contributed by atoms with E-state index in [0.29, 0.717) is 12.5 Å². The number of rotatable bonds is 2. The fraction of sp³-hybridized carbons (Fsp3) is 0.500. The zero-order valence-corrected chi connectivity index (χ0v) is 10.5. The van der Waals surface area contributed by atoms with Crippen LogP contribution in [-0.4, -0.2) is 26.1 Å². The molecule has 1 fully saturated rings. The number of thioether (sulfide) groups is 1. The Balaban J connectivity index is 1.95. The lowest BCUT2D eigenvalue weighted by Gasteiger charge is -2.17. The van der Waals surface area contributed by atoms with Crippen LogP contribution in [0.2, 0.25) is 0 Å². The molecule has 90 valence electrons. The standard InChI is InChI=1S/C12H16N4S/c13-6-9-3-4-11-14-12(15-16(11)7-9)10-2-1-5-17-8-10/h3-4,7,10H,1-2,5-6,8,13H2. The lowest BCUT2D eigenvalue weighted by Crippen LogP contribution is -2.10. The number of hydrogen-bond donors (Lipinski definition) is 1. The highest BCUT2D eigenvalue weighted by Gasteiger charge is 2.20. The predicted molar refractivity (Wildman–Crippen MR) is 70.2 cm³/mol. The monoisotopic (exact) mass is 248 g/mol. The van der Waals surface area contributed by atoms with Crippen molar-refractivity contribution >= 4 is 17.4 Å². The Morgan fingerprint density at radius 3 is 3.18 bits per heavy atom. The van der Waals surface area contributed by atoms with Gasteiger partial charge in [0.15, 0.2) is 11.5 Å². The number of fused-ring (bicyclic) bond motifs is 1. The number of pyridine rings is 1. The minimum absolute atomic E-state index is 0.523. The zero-order valence-electron chi connectivity index (χ0n) is 9.67. The first-order valence-corrected chi connectivity index (χ1v) is 7.15. The molecule has 0 saturated carbocycles. The topological polar surface area (TPSA) is 56.2 Å². The summed E-state index contributed by atoms with van der Waals surface area (Å²) >= 11 is 2.01. The smallest absolute Gasteiger partial charge is 0.155 e. The largest absolute Gasteiger partial charge is 0.326 e. The molecule has 3 heterocycles. The van der Waals surface area contributed by atoms with Crippen LogP contribution in [0.3, 0.4) is 0 Å². The van der Waals surface area contributed by atoms with Crippen molar-refractivity contribution in [2.75, 3.05) is 11.5 Å². The maximum Gasteiger partial charge on any atom is 0.155 e. The molecule has 1 aliphatic rings. The minimum Gasteiger partial charge on any atom is -0.326 e. The van der Waals surface area contributed by atoms with Gasteiger partial charge in [-0.3, -0.25) is 0 Å². The van der Waals surface area contributed by atoms with Crippen LogP contribution >= 0.6 is 11.8 Å². The van der Waals surface area contributed by atoms with Crippen molar-refractivity contribution < 1.29 is 0 Å². The van der Waals surface area contributed by atoms with Gasteiger partial charge in [-0.25, -0.2) is 9.50 Å². The van der Waals surface area contributed by atoms with Crippen molar-refractivity contribution in [2.24, 2.45) is 5.73 Å². The van der Waals surface area contributed by atoms with E-state index >= 15 is 0 Å². The summed E-state index contributed by atoms with van der Waals surface area (Å²) in [6, 6.07) is 4.01. The van der Waals surface area contributed by atoms with Crippen LogP contribution < -0.4 is 5.73 Å². The normalized spacial score (nSPS) is 20.9. The van der Waals surface area contributed by atoms with E-state index in [1.54, 1.807) is 0 Å².